The van der Waals surface area contributed by atoms with Gasteiger partial charge in [-0.05, 0) is 38.3 Å². The quantitative estimate of drug-likeness (QED) is 0.797. The minimum Gasteiger partial charge on any atom is -0.332 e. The second-order valence-corrected chi connectivity index (χ2v) is 9.21. The predicted octanol–water partition coefficient (Wildman–Crippen LogP) is 2.17. The molecule has 0 bridgehead atoms. The van der Waals surface area contributed by atoms with Gasteiger partial charge in [-0.1, -0.05) is 24.6 Å². The number of benzene rings is 1. The summed E-state index contributed by atoms with van der Waals surface area (Å²) >= 11 is 0. The molecular weight excluding hydrogens is 378 g/mol. The van der Waals surface area contributed by atoms with E-state index in [2.05, 4.69) is 9.97 Å². The molecule has 8 heteroatoms. The van der Waals surface area contributed by atoms with Crippen LogP contribution in [0.2, 0.25) is 0 Å². The van der Waals surface area contributed by atoms with Gasteiger partial charge in [0.1, 0.15) is 5.82 Å². The minimum absolute atomic E-state index is 0.0928. The maximum Gasteiger partial charge on any atom is 0.251 e. The molecule has 0 aliphatic carbocycles. The number of aryl methyl sites for hydroxylation is 2. The largest absolute Gasteiger partial charge is 0.332 e. The summed E-state index contributed by atoms with van der Waals surface area (Å²) in [4.78, 5) is 33.7. The summed E-state index contributed by atoms with van der Waals surface area (Å²) in [7, 11) is -3.52. The summed E-state index contributed by atoms with van der Waals surface area (Å²) < 4.78 is 25.0. The molecule has 28 heavy (non-hydrogen) atoms. The number of rotatable bonds is 6. The van der Waals surface area contributed by atoms with Gasteiger partial charge in [0, 0.05) is 24.7 Å². The van der Waals surface area contributed by atoms with Crippen LogP contribution in [-0.4, -0.2) is 41.5 Å². The number of likely N-dealkylation sites (tertiary alicyclic amines) is 1. The maximum absolute atomic E-state index is 12.7. The van der Waals surface area contributed by atoms with E-state index < -0.39 is 9.84 Å². The van der Waals surface area contributed by atoms with E-state index in [1.807, 2.05) is 13.8 Å². The Morgan fingerprint density at radius 1 is 1.29 bits per heavy atom. The standard InChI is InChI=1S/C20H25N3O4S/c1-3-15-13-18(24)22-20(21-15)17-5-4-11-23(17)19(25)10-12-28(26,27)16-8-6-14(2)7-9-16/h6-9,13,17H,3-5,10-12H2,1-2H3,(H,21,22,24). The van der Waals surface area contributed by atoms with E-state index in [-0.39, 0.29) is 34.6 Å². The highest BCUT2D eigenvalue weighted by atomic mass is 32.2. The Morgan fingerprint density at radius 2 is 2.00 bits per heavy atom. The lowest BCUT2D eigenvalue weighted by atomic mass is 10.2. The summed E-state index contributed by atoms with van der Waals surface area (Å²) in [5.41, 5.74) is 1.42. The number of aromatic amines is 1. The van der Waals surface area contributed by atoms with Crippen molar-refractivity contribution in [3.8, 4) is 0 Å². The highest BCUT2D eigenvalue weighted by Crippen LogP contribution is 2.30. The molecule has 1 unspecified atom stereocenters. The molecule has 3 rings (SSSR count). The van der Waals surface area contributed by atoms with E-state index in [1.54, 1.807) is 29.2 Å². The van der Waals surface area contributed by atoms with Crippen molar-refractivity contribution in [2.45, 2.75) is 50.5 Å². The molecule has 1 aromatic heterocycles. The van der Waals surface area contributed by atoms with Gasteiger partial charge in [0.2, 0.25) is 5.91 Å². The molecule has 1 aliphatic heterocycles. The van der Waals surface area contributed by atoms with Crippen LogP contribution >= 0.6 is 0 Å². The second-order valence-electron chi connectivity index (χ2n) is 7.10. The van der Waals surface area contributed by atoms with Crippen molar-refractivity contribution < 1.29 is 13.2 Å². The van der Waals surface area contributed by atoms with Gasteiger partial charge in [0.05, 0.1) is 16.7 Å². The summed E-state index contributed by atoms with van der Waals surface area (Å²) in [6.07, 6.45) is 2.03. The van der Waals surface area contributed by atoms with E-state index in [9.17, 15) is 18.0 Å². The van der Waals surface area contributed by atoms with Gasteiger partial charge in [-0.25, -0.2) is 13.4 Å². The van der Waals surface area contributed by atoms with Crippen LogP contribution in [0.4, 0.5) is 0 Å². The Hall–Kier alpha value is -2.48. The number of nitrogens with one attached hydrogen (secondary N) is 1. The highest BCUT2D eigenvalue weighted by Gasteiger charge is 2.32. The molecule has 1 saturated heterocycles. The Labute approximate surface area is 164 Å². The van der Waals surface area contributed by atoms with E-state index >= 15 is 0 Å². The van der Waals surface area contributed by atoms with E-state index in [0.29, 0.717) is 30.9 Å². The monoisotopic (exact) mass is 403 g/mol. The molecule has 1 fully saturated rings. The molecule has 0 spiro atoms. The Kier molecular flexibility index (Phi) is 5.98. The number of carbonyl (C=O) groups excluding carboxylic acids is 1. The zero-order valence-corrected chi connectivity index (χ0v) is 17.0. The average Bonchev–Trinajstić information content (AvgIpc) is 3.16. The number of hydrogen-bond donors (Lipinski definition) is 1. The zero-order valence-electron chi connectivity index (χ0n) is 16.1. The van der Waals surface area contributed by atoms with E-state index in [1.165, 1.54) is 6.07 Å². The lowest BCUT2D eigenvalue weighted by Gasteiger charge is -2.24. The van der Waals surface area contributed by atoms with Crippen molar-refractivity contribution in [1.82, 2.24) is 14.9 Å². The predicted molar refractivity (Wildman–Crippen MR) is 106 cm³/mol. The molecule has 7 nitrogen and oxygen atoms in total. The van der Waals surface area contributed by atoms with E-state index in [4.69, 9.17) is 0 Å². The molecule has 0 saturated carbocycles. The molecule has 2 aromatic rings. The lowest BCUT2D eigenvalue weighted by Crippen LogP contribution is -2.33. The van der Waals surface area contributed by atoms with Crippen molar-refractivity contribution >= 4 is 15.7 Å². The SMILES string of the molecule is CCc1cc(=O)[nH]c(C2CCCN2C(=O)CCS(=O)(=O)c2ccc(C)cc2)n1. The summed E-state index contributed by atoms with van der Waals surface area (Å²) in [6, 6.07) is 7.77. The van der Waals surface area contributed by atoms with Crippen LogP contribution in [0, 0.1) is 6.92 Å². The van der Waals surface area contributed by atoms with Gasteiger partial charge in [0.25, 0.3) is 5.56 Å². The second kappa shape index (κ2) is 8.26. The molecule has 150 valence electrons. The van der Waals surface area contributed by atoms with Crippen LogP contribution in [0.1, 0.15) is 49.3 Å². The molecule has 2 heterocycles. The topological polar surface area (TPSA) is 100 Å². The van der Waals surface area contributed by atoms with Crippen LogP contribution in [0.3, 0.4) is 0 Å². The first-order chi connectivity index (χ1) is 13.3. The van der Waals surface area contributed by atoms with Gasteiger partial charge >= 0.3 is 0 Å². The Morgan fingerprint density at radius 3 is 2.68 bits per heavy atom. The van der Waals surface area contributed by atoms with Crippen molar-refractivity contribution in [2.75, 3.05) is 12.3 Å². The summed E-state index contributed by atoms with van der Waals surface area (Å²) in [5, 5.41) is 0. The lowest BCUT2D eigenvalue weighted by molar-refractivity contribution is -0.131. The van der Waals surface area contributed by atoms with Crippen LogP contribution in [0.25, 0.3) is 0 Å². The average molecular weight is 404 g/mol. The van der Waals surface area contributed by atoms with Gasteiger partial charge in [0.15, 0.2) is 9.84 Å². The number of nitrogens with zero attached hydrogens (tertiary/aromatic N) is 2. The Bertz CT molecular complexity index is 1010. The third-order valence-corrected chi connectivity index (χ3v) is 6.76. The smallest absolute Gasteiger partial charge is 0.251 e. The Balaban J connectivity index is 1.72. The first kappa shape index (κ1) is 20.3. The maximum atomic E-state index is 12.7. The van der Waals surface area contributed by atoms with Crippen molar-refractivity contribution in [3.05, 3.63) is 57.8 Å². The number of hydrogen-bond acceptors (Lipinski definition) is 5. The molecular formula is C20H25N3O4S. The minimum atomic E-state index is -3.52. The fourth-order valence-corrected chi connectivity index (χ4v) is 4.68. The third kappa shape index (κ3) is 4.49. The molecule has 1 N–H and O–H groups in total. The van der Waals surface area contributed by atoms with Crippen molar-refractivity contribution in [1.29, 1.82) is 0 Å². The van der Waals surface area contributed by atoms with Gasteiger partial charge < -0.3 is 9.88 Å². The molecule has 1 atom stereocenters. The summed E-state index contributed by atoms with van der Waals surface area (Å²) in [5.74, 6) is 0.0104. The number of aromatic nitrogens is 2. The highest BCUT2D eigenvalue weighted by molar-refractivity contribution is 7.91. The van der Waals surface area contributed by atoms with Crippen LogP contribution in [0.15, 0.2) is 40.0 Å². The fourth-order valence-electron chi connectivity index (χ4n) is 3.45. The number of carbonyl (C=O) groups is 1. The van der Waals surface area contributed by atoms with Gasteiger partial charge in [-0.2, -0.15) is 0 Å². The number of amides is 1. The van der Waals surface area contributed by atoms with Crippen LogP contribution in [0.5, 0.6) is 0 Å². The van der Waals surface area contributed by atoms with Gasteiger partial charge in [-0.15, -0.1) is 0 Å². The molecule has 0 radical (unpaired) electrons. The van der Waals surface area contributed by atoms with Crippen molar-refractivity contribution in [2.24, 2.45) is 0 Å². The number of H-pyrrole nitrogens is 1. The zero-order chi connectivity index (χ0) is 20.3. The normalized spacial score (nSPS) is 17.1. The number of sulfone groups is 1. The summed E-state index contributed by atoms with van der Waals surface area (Å²) in [6.45, 7) is 4.34. The van der Waals surface area contributed by atoms with Crippen LogP contribution < -0.4 is 5.56 Å². The third-order valence-electron chi connectivity index (χ3n) is 5.03. The first-order valence-corrected chi connectivity index (χ1v) is 11.1. The van der Waals surface area contributed by atoms with Crippen molar-refractivity contribution in [3.63, 3.8) is 0 Å². The fraction of sp³-hybridized carbons (Fsp3) is 0.450. The molecule has 1 aliphatic rings. The van der Waals surface area contributed by atoms with Gasteiger partial charge in [-0.3, -0.25) is 9.59 Å². The molecule has 1 amide bonds. The first-order valence-electron chi connectivity index (χ1n) is 9.49. The van der Waals surface area contributed by atoms with Crippen LogP contribution in [-0.2, 0) is 21.1 Å². The van der Waals surface area contributed by atoms with E-state index in [0.717, 1.165) is 12.0 Å². The molecule has 1 aromatic carbocycles.